The molecule has 0 spiro atoms. The maximum absolute atomic E-state index is 12.8. The molecular formula is C24H29NO4S. The average Bonchev–Trinajstić information content (AvgIpc) is 3.32. The highest BCUT2D eigenvalue weighted by molar-refractivity contribution is 7.83. The molecule has 1 heterocycles. The molecule has 0 saturated heterocycles. The highest BCUT2D eigenvalue weighted by Gasteiger charge is 2.42. The maximum atomic E-state index is 12.8. The molecule has 2 aliphatic carbocycles. The number of hydrogen-bond acceptors (Lipinski definition) is 4. The van der Waals surface area contributed by atoms with Crippen molar-refractivity contribution in [3.8, 4) is 0 Å². The third-order valence-corrected chi connectivity index (χ3v) is 7.38. The van der Waals surface area contributed by atoms with Crippen LogP contribution >= 0.6 is 0 Å². The van der Waals surface area contributed by atoms with Crippen molar-refractivity contribution in [3.63, 3.8) is 0 Å². The number of fused-ring (bicyclic) bond motifs is 4. The number of ketones is 1. The lowest BCUT2D eigenvalue weighted by Crippen LogP contribution is -2.28. The summed E-state index contributed by atoms with van der Waals surface area (Å²) in [6.45, 7) is 8.43. The molecule has 1 amide bonds. The van der Waals surface area contributed by atoms with E-state index in [-0.39, 0.29) is 46.9 Å². The normalized spacial score (nSPS) is 21.2. The van der Waals surface area contributed by atoms with E-state index in [2.05, 4.69) is 44.5 Å². The third-order valence-electron chi connectivity index (χ3n) is 6.40. The molecule has 0 radical (unpaired) electrons. The molecule has 1 aromatic heterocycles. The van der Waals surface area contributed by atoms with Gasteiger partial charge in [-0.2, -0.15) is 0 Å². The molecule has 1 N–H and O–H groups in total. The number of amides is 1. The molecule has 0 aliphatic heterocycles. The van der Waals surface area contributed by atoms with E-state index >= 15 is 0 Å². The van der Waals surface area contributed by atoms with E-state index in [1.807, 2.05) is 6.07 Å². The Hall–Kier alpha value is -2.21. The van der Waals surface area contributed by atoms with Gasteiger partial charge in [-0.05, 0) is 47.8 Å². The second-order valence-corrected chi connectivity index (χ2v) is 10.3. The number of Topliss-reactive ketones (excluding diaryl/α,β-unsaturated/α-hetero) is 1. The maximum Gasteiger partial charge on any atom is 0.236 e. The van der Waals surface area contributed by atoms with Gasteiger partial charge >= 0.3 is 0 Å². The van der Waals surface area contributed by atoms with Crippen molar-refractivity contribution < 1.29 is 18.2 Å². The predicted octanol–water partition coefficient (Wildman–Crippen LogP) is 4.99. The van der Waals surface area contributed by atoms with Crippen molar-refractivity contribution in [3.05, 3.63) is 52.3 Å². The molecule has 1 saturated carbocycles. The molecule has 160 valence electrons. The Bertz CT molecular complexity index is 994. The molecule has 4 rings (SSSR count). The van der Waals surface area contributed by atoms with Crippen LogP contribution in [0.3, 0.4) is 0 Å². The van der Waals surface area contributed by atoms with Crippen LogP contribution in [0.25, 0.3) is 0 Å². The lowest BCUT2D eigenvalue weighted by molar-refractivity contribution is -0.118. The topological polar surface area (TPSA) is 76.4 Å². The summed E-state index contributed by atoms with van der Waals surface area (Å²) in [6.07, 6.45) is 2.81. The van der Waals surface area contributed by atoms with Crippen molar-refractivity contribution in [2.45, 2.75) is 76.2 Å². The predicted molar refractivity (Wildman–Crippen MR) is 116 cm³/mol. The van der Waals surface area contributed by atoms with Gasteiger partial charge in [0.15, 0.2) is 16.8 Å². The largest absolute Gasteiger partial charge is 0.449 e. The van der Waals surface area contributed by atoms with Crippen LogP contribution in [-0.4, -0.2) is 15.9 Å². The van der Waals surface area contributed by atoms with E-state index in [1.165, 1.54) is 0 Å². The number of benzene rings is 1. The minimum Gasteiger partial charge on any atom is -0.449 e. The lowest BCUT2D eigenvalue weighted by Gasteiger charge is -2.19. The first-order valence-electron chi connectivity index (χ1n) is 10.8. The highest BCUT2D eigenvalue weighted by Crippen LogP contribution is 2.47. The first kappa shape index (κ1) is 21.0. The van der Waals surface area contributed by atoms with Crippen LogP contribution in [0.1, 0.15) is 97.5 Å². The zero-order chi connectivity index (χ0) is 21.6. The van der Waals surface area contributed by atoms with Gasteiger partial charge in [-0.25, -0.2) is 4.21 Å². The Kier molecular flexibility index (Phi) is 5.71. The van der Waals surface area contributed by atoms with Gasteiger partial charge in [0.05, 0.1) is 12.0 Å². The fourth-order valence-corrected chi connectivity index (χ4v) is 5.68. The number of hydrogen-bond donors (Lipinski definition) is 1. The van der Waals surface area contributed by atoms with Gasteiger partial charge in [0, 0.05) is 17.9 Å². The molecule has 1 fully saturated rings. The molecule has 1 aromatic carbocycles. The third kappa shape index (κ3) is 3.78. The van der Waals surface area contributed by atoms with Crippen LogP contribution in [0.5, 0.6) is 0 Å². The molecule has 3 atom stereocenters. The minimum absolute atomic E-state index is 0.0676. The van der Waals surface area contributed by atoms with Crippen molar-refractivity contribution in [1.29, 1.82) is 0 Å². The van der Waals surface area contributed by atoms with Gasteiger partial charge in [-0.1, -0.05) is 45.9 Å². The Morgan fingerprint density at radius 2 is 1.77 bits per heavy atom. The zero-order valence-electron chi connectivity index (χ0n) is 18.0. The van der Waals surface area contributed by atoms with E-state index in [0.717, 1.165) is 36.0 Å². The summed E-state index contributed by atoms with van der Waals surface area (Å²) >= 11 is 0. The Labute approximate surface area is 180 Å². The van der Waals surface area contributed by atoms with E-state index in [0.29, 0.717) is 11.3 Å². The number of rotatable bonds is 6. The van der Waals surface area contributed by atoms with Gasteiger partial charge in [-0.15, -0.1) is 0 Å². The van der Waals surface area contributed by atoms with Crippen LogP contribution in [0.4, 0.5) is 0 Å². The molecule has 2 aliphatic rings. The first-order valence-corrected chi connectivity index (χ1v) is 11.9. The second kappa shape index (κ2) is 8.14. The monoisotopic (exact) mass is 427 g/mol. The van der Waals surface area contributed by atoms with Crippen molar-refractivity contribution in [1.82, 2.24) is 4.72 Å². The van der Waals surface area contributed by atoms with Crippen LogP contribution in [0.2, 0.25) is 0 Å². The molecule has 3 unspecified atom stereocenters. The lowest BCUT2D eigenvalue weighted by atomic mass is 9.87. The van der Waals surface area contributed by atoms with Crippen LogP contribution in [-0.2, 0) is 22.2 Å². The molecule has 2 aromatic rings. The summed E-state index contributed by atoms with van der Waals surface area (Å²) in [5, 5.41) is 0.162. The molecular weight excluding hydrogens is 398 g/mol. The van der Waals surface area contributed by atoms with Gasteiger partial charge in [0.2, 0.25) is 11.0 Å². The van der Waals surface area contributed by atoms with Crippen molar-refractivity contribution >= 4 is 22.7 Å². The van der Waals surface area contributed by atoms with Crippen LogP contribution in [0, 0.1) is 5.92 Å². The van der Waals surface area contributed by atoms with Crippen molar-refractivity contribution in [2.24, 2.45) is 5.92 Å². The van der Waals surface area contributed by atoms with Gasteiger partial charge in [0.25, 0.3) is 0 Å². The molecule has 30 heavy (non-hydrogen) atoms. The van der Waals surface area contributed by atoms with E-state index in [9.17, 15) is 13.8 Å². The van der Waals surface area contributed by atoms with Crippen molar-refractivity contribution in [2.75, 3.05) is 0 Å². The van der Waals surface area contributed by atoms with Gasteiger partial charge in [-0.3, -0.25) is 14.3 Å². The first-order chi connectivity index (χ1) is 14.3. The minimum atomic E-state index is -1.82. The summed E-state index contributed by atoms with van der Waals surface area (Å²) < 4.78 is 21.2. The second-order valence-electron chi connectivity index (χ2n) is 9.11. The molecule has 2 bridgehead atoms. The smallest absolute Gasteiger partial charge is 0.236 e. The number of carbonyl (C=O) groups is 2. The van der Waals surface area contributed by atoms with Crippen LogP contribution in [0.15, 0.2) is 33.8 Å². The standard InChI is InChI=1S/C24H29NO4S/c1-13(2)17-6-5-7-18(14(3)4)19(17)11-21(26)25-30(28)22-12-20-23(27)15-8-9-16(10-15)24(20)29-22/h5-7,12-16H,8-11H2,1-4H3,(H,25,26). The number of carbonyl (C=O) groups excluding carboxylic acids is 2. The summed E-state index contributed by atoms with van der Waals surface area (Å²) in [4.78, 5) is 25.3. The SMILES string of the molecule is CC(C)c1cccc(C(C)C)c1CC(=O)NS(=O)c1cc2c(o1)C1CCC(C1)C2=O. The highest BCUT2D eigenvalue weighted by atomic mass is 32.2. The number of furan rings is 1. The zero-order valence-corrected chi connectivity index (χ0v) is 18.8. The summed E-state index contributed by atoms with van der Waals surface area (Å²) in [6, 6.07) is 7.71. The van der Waals surface area contributed by atoms with E-state index in [4.69, 9.17) is 4.42 Å². The van der Waals surface area contributed by atoms with E-state index < -0.39 is 11.0 Å². The fourth-order valence-electron chi connectivity index (χ4n) is 4.91. The van der Waals surface area contributed by atoms with Gasteiger partial charge in [0.1, 0.15) is 5.76 Å². The number of nitrogens with one attached hydrogen (secondary N) is 1. The Morgan fingerprint density at radius 3 is 2.40 bits per heavy atom. The molecule has 6 heteroatoms. The summed E-state index contributed by atoms with van der Waals surface area (Å²) in [5.74, 6) is 1.30. The van der Waals surface area contributed by atoms with Crippen LogP contribution < -0.4 is 4.72 Å². The summed E-state index contributed by atoms with van der Waals surface area (Å²) in [5.41, 5.74) is 3.83. The summed E-state index contributed by atoms with van der Waals surface area (Å²) in [7, 11) is -1.82. The average molecular weight is 428 g/mol. The van der Waals surface area contributed by atoms with E-state index in [1.54, 1.807) is 6.07 Å². The van der Waals surface area contributed by atoms with Gasteiger partial charge < -0.3 is 4.42 Å². The fraction of sp³-hybridized carbons (Fsp3) is 0.500. The molecule has 5 nitrogen and oxygen atoms in total. The Morgan fingerprint density at radius 1 is 1.13 bits per heavy atom. The Balaban J connectivity index is 1.52. The quantitative estimate of drug-likeness (QED) is 0.705.